The van der Waals surface area contributed by atoms with Gasteiger partial charge in [0.05, 0.1) is 16.1 Å². The van der Waals surface area contributed by atoms with Crippen LogP contribution in [0, 0.1) is 0 Å². The van der Waals surface area contributed by atoms with Gasteiger partial charge in [-0.05, 0) is 30.7 Å². The van der Waals surface area contributed by atoms with Gasteiger partial charge in [0.15, 0.2) is 0 Å². The quantitative estimate of drug-likeness (QED) is 0.640. The van der Waals surface area contributed by atoms with E-state index in [1.54, 1.807) is 24.5 Å². The minimum Gasteiger partial charge on any atom is -0.435 e. The fourth-order valence-corrected chi connectivity index (χ4v) is 5.07. The first-order valence-electron chi connectivity index (χ1n) is 9.65. The summed E-state index contributed by atoms with van der Waals surface area (Å²) in [4.78, 5) is 6.41. The van der Waals surface area contributed by atoms with Gasteiger partial charge in [0.25, 0.3) is 10.0 Å². The summed E-state index contributed by atoms with van der Waals surface area (Å²) in [6.07, 6.45) is 4.14. The van der Waals surface area contributed by atoms with E-state index in [0.717, 1.165) is 41.8 Å². The minimum absolute atomic E-state index is 0.139. The number of fused-ring (bicyclic) bond motifs is 1. The molecular formula is C20H22F2N4O3S. The molecule has 3 aromatic rings. The Kier molecular flexibility index (Phi) is 5.61. The molecule has 1 atom stereocenters. The van der Waals surface area contributed by atoms with Gasteiger partial charge in [-0.3, -0.25) is 4.98 Å². The van der Waals surface area contributed by atoms with E-state index in [-0.39, 0.29) is 10.6 Å². The molecule has 0 unspecified atom stereocenters. The molecule has 1 N–H and O–H groups in total. The average molecular weight is 436 g/mol. The molecule has 1 fully saturated rings. The number of halogens is 2. The summed E-state index contributed by atoms with van der Waals surface area (Å²) in [5.41, 5.74) is 1.74. The van der Waals surface area contributed by atoms with Gasteiger partial charge in [0.2, 0.25) is 0 Å². The highest BCUT2D eigenvalue weighted by Crippen LogP contribution is 2.32. The number of hydrogen-bond donors (Lipinski definition) is 1. The summed E-state index contributed by atoms with van der Waals surface area (Å²) in [6, 6.07) is 8.77. The molecule has 30 heavy (non-hydrogen) atoms. The summed E-state index contributed by atoms with van der Waals surface area (Å²) >= 11 is 0. The normalized spacial score (nSPS) is 17.6. The van der Waals surface area contributed by atoms with Crippen LogP contribution in [-0.4, -0.2) is 49.7 Å². The van der Waals surface area contributed by atoms with Crippen molar-refractivity contribution in [2.45, 2.75) is 30.9 Å². The van der Waals surface area contributed by atoms with Crippen molar-refractivity contribution in [2.75, 3.05) is 24.5 Å². The van der Waals surface area contributed by atoms with Crippen molar-refractivity contribution in [1.29, 1.82) is 0 Å². The summed E-state index contributed by atoms with van der Waals surface area (Å²) in [6.45, 7) is 1.32. The van der Waals surface area contributed by atoms with Crippen LogP contribution in [-0.2, 0) is 10.0 Å². The first kappa shape index (κ1) is 20.5. The predicted octanol–water partition coefficient (Wildman–Crippen LogP) is 3.06. The van der Waals surface area contributed by atoms with Crippen LogP contribution in [0.5, 0.6) is 5.75 Å². The van der Waals surface area contributed by atoms with Gasteiger partial charge >= 0.3 is 6.61 Å². The SMILES string of the molecule is CC[C@@H]1CN(c2cn(S(=O)(=O)c3cccc(OC(F)F)c3)c3cccnc23)CCN1. The standard InChI is InChI=1S/C20H22F2N4O3S/c1-2-14-12-25(10-9-23-14)18-13-26(17-7-4-8-24-19(17)18)30(27,28)16-6-3-5-15(11-16)29-20(21)22/h3-8,11,13-14,20,23H,2,9-10,12H2,1H3/t14-/m1/s1. The zero-order valence-corrected chi connectivity index (χ0v) is 17.1. The molecule has 0 saturated carbocycles. The van der Waals surface area contributed by atoms with E-state index < -0.39 is 16.6 Å². The maximum atomic E-state index is 13.4. The molecule has 3 heterocycles. The van der Waals surface area contributed by atoms with Crippen molar-refractivity contribution < 1.29 is 21.9 Å². The van der Waals surface area contributed by atoms with Gasteiger partial charge in [0.1, 0.15) is 11.3 Å². The molecule has 0 spiro atoms. The van der Waals surface area contributed by atoms with Crippen LogP contribution < -0.4 is 15.0 Å². The summed E-state index contributed by atoms with van der Waals surface area (Å²) < 4.78 is 57.4. The van der Waals surface area contributed by atoms with Crippen molar-refractivity contribution in [3.05, 3.63) is 48.8 Å². The van der Waals surface area contributed by atoms with Crippen molar-refractivity contribution in [3.63, 3.8) is 0 Å². The Labute approximate surface area is 173 Å². The Balaban J connectivity index is 1.79. The number of hydrogen-bond acceptors (Lipinski definition) is 6. The Morgan fingerprint density at radius 2 is 2.13 bits per heavy atom. The number of benzene rings is 1. The third kappa shape index (κ3) is 3.84. The van der Waals surface area contributed by atoms with E-state index in [9.17, 15) is 17.2 Å². The number of piperazine rings is 1. The summed E-state index contributed by atoms with van der Waals surface area (Å²) in [5.74, 6) is -0.214. The van der Waals surface area contributed by atoms with E-state index in [1.165, 1.54) is 18.2 Å². The number of rotatable bonds is 6. The molecule has 1 aliphatic rings. The molecule has 4 rings (SSSR count). The lowest BCUT2D eigenvalue weighted by Gasteiger charge is -2.34. The first-order valence-corrected chi connectivity index (χ1v) is 11.1. The van der Waals surface area contributed by atoms with Crippen LogP contribution in [0.4, 0.5) is 14.5 Å². The molecule has 1 saturated heterocycles. The van der Waals surface area contributed by atoms with E-state index in [2.05, 4.69) is 26.9 Å². The zero-order chi connectivity index (χ0) is 21.3. The number of nitrogens with one attached hydrogen (secondary N) is 1. The van der Waals surface area contributed by atoms with E-state index >= 15 is 0 Å². The molecule has 2 aromatic heterocycles. The maximum absolute atomic E-state index is 13.4. The van der Waals surface area contributed by atoms with Crippen LogP contribution >= 0.6 is 0 Å². The van der Waals surface area contributed by atoms with Crippen LogP contribution in [0.3, 0.4) is 0 Å². The Morgan fingerprint density at radius 3 is 2.90 bits per heavy atom. The van der Waals surface area contributed by atoms with Gasteiger partial charge in [-0.2, -0.15) is 8.78 Å². The zero-order valence-electron chi connectivity index (χ0n) is 16.3. The predicted molar refractivity (Wildman–Crippen MR) is 110 cm³/mol. The second-order valence-corrected chi connectivity index (χ2v) is 8.86. The van der Waals surface area contributed by atoms with Crippen LogP contribution in [0.25, 0.3) is 11.0 Å². The Hall–Kier alpha value is -2.72. The van der Waals surface area contributed by atoms with Crippen molar-refractivity contribution in [3.8, 4) is 5.75 Å². The van der Waals surface area contributed by atoms with Crippen LogP contribution in [0.2, 0.25) is 0 Å². The fraction of sp³-hybridized carbons (Fsp3) is 0.350. The lowest BCUT2D eigenvalue weighted by atomic mass is 10.1. The largest absolute Gasteiger partial charge is 0.435 e. The molecule has 160 valence electrons. The van der Waals surface area contributed by atoms with Crippen molar-refractivity contribution in [2.24, 2.45) is 0 Å². The third-order valence-electron chi connectivity index (χ3n) is 5.18. The van der Waals surface area contributed by atoms with Crippen LogP contribution in [0.15, 0.2) is 53.7 Å². The van der Waals surface area contributed by atoms with E-state index in [0.29, 0.717) is 17.1 Å². The third-order valence-corrected chi connectivity index (χ3v) is 6.85. The smallest absolute Gasteiger partial charge is 0.387 e. The first-order chi connectivity index (χ1) is 14.4. The highest BCUT2D eigenvalue weighted by Gasteiger charge is 2.27. The molecule has 1 aromatic carbocycles. The Morgan fingerprint density at radius 1 is 1.30 bits per heavy atom. The number of alkyl halides is 2. The number of pyridine rings is 1. The molecule has 10 heteroatoms. The summed E-state index contributed by atoms with van der Waals surface area (Å²) in [5, 5.41) is 3.44. The molecule has 0 aliphatic carbocycles. The number of ether oxygens (including phenoxy) is 1. The topological polar surface area (TPSA) is 76.5 Å². The van der Waals surface area contributed by atoms with Crippen LogP contribution in [0.1, 0.15) is 13.3 Å². The van der Waals surface area contributed by atoms with Gasteiger partial charge in [-0.25, -0.2) is 12.4 Å². The highest BCUT2D eigenvalue weighted by atomic mass is 32.2. The van der Waals surface area contributed by atoms with Crippen molar-refractivity contribution >= 4 is 26.7 Å². The average Bonchev–Trinajstić information content (AvgIpc) is 3.14. The van der Waals surface area contributed by atoms with Gasteiger partial charge in [-0.15, -0.1) is 0 Å². The fourth-order valence-electron chi connectivity index (χ4n) is 3.69. The molecular weight excluding hydrogens is 414 g/mol. The monoisotopic (exact) mass is 436 g/mol. The molecule has 0 radical (unpaired) electrons. The molecule has 0 bridgehead atoms. The second-order valence-electron chi connectivity index (χ2n) is 7.05. The van der Waals surface area contributed by atoms with Gasteiger partial charge in [0, 0.05) is 44.1 Å². The van der Waals surface area contributed by atoms with E-state index in [1.807, 2.05) is 0 Å². The Bertz CT molecular complexity index is 1150. The lowest BCUT2D eigenvalue weighted by molar-refractivity contribution is -0.0499. The van der Waals surface area contributed by atoms with Gasteiger partial charge < -0.3 is 15.0 Å². The van der Waals surface area contributed by atoms with Gasteiger partial charge in [-0.1, -0.05) is 13.0 Å². The molecule has 1 aliphatic heterocycles. The highest BCUT2D eigenvalue weighted by molar-refractivity contribution is 7.90. The summed E-state index contributed by atoms with van der Waals surface area (Å²) in [7, 11) is -4.05. The minimum atomic E-state index is -4.05. The number of nitrogens with zero attached hydrogens (tertiary/aromatic N) is 3. The molecule has 0 amide bonds. The number of aromatic nitrogens is 2. The van der Waals surface area contributed by atoms with E-state index in [4.69, 9.17) is 0 Å². The maximum Gasteiger partial charge on any atom is 0.387 e. The van der Waals surface area contributed by atoms with Crippen molar-refractivity contribution in [1.82, 2.24) is 14.3 Å². The number of anilines is 1. The lowest BCUT2D eigenvalue weighted by Crippen LogP contribution is -2.50. The second kappa shape index (κ2) is 8.19. The molecule has 7 nitrogen and oxygen atoms in total.